The molecular weight excluding hydrogens is 250 g/mol. The van der Waals surface area contributed by atoms with E-state index < -0.39 is 0 Å². The zero-order valence-electron chi connectivity index (χ0n) is 13.0. The quantitative estimate of drug-likeness (QED) is 0.496. The molecule has 0 bridgehead atoms. The van der Waals surface area contributed by atoms with Gasteiger partial charge < -0.3 is 5.32 Å². The van der Waals surface area contributed by atoms with Crippen LogP contribution in [0.25, 0.3) is 0 Å². The van der Waals surface area contributed by atoms with Crippen LogP contribution in [0.5, 0.6) is 0 Å². The first-order valence-corrected chi connectivity index (χ1v) is 8.95. The van der Waals surface area contributed by atoms with E-state index >= 15 is 0 Å². The second-order valence-corrected chi connectivity index (χ2v) is 6.61. The Morgan fingerprint density at radius 2 is 1.84 bits per heavy atom. The Bertz CT molecular complexity index is 294. The molecule has 2 unspecified atom stereocenters. The summed E-state index contributed by atoms with van der Waals surface area (Å²) in [6, 6.07) is 5.64. The largest absolute Gasteiger partial charge is 0.307 e. The van der Waals surface area contributed by atoms with Gasteiger partial charge in [0.15, 0.2) is 0 Å². The van der Waals surface area contributed by atoms with Gasteiger partial charge in [-0.3, -0.25) is 0 Å². The predicted molar refractivity (Wildman–Crippen MR) is 87.9 cm³/mol. The fraction of sp³-hybridized carbons (Fsp3) is 0.765. The number of unbranched alkanes of at least 4 members (excludes halogenated alkanes) is 4. The van der Waals surface area contributed by atoms with Crippen molar-refractivity contribution in [3.8, 4) is 0 Å². The van der Waals surface area contributed by atoms with Crippen molar-refractivity contribution in [2.75, 3.05) is 0 Å². The van der Waals surface area contributed by atoms with Gasteiger partial charge in [-0.15, -0.1) is 11.3 Å². The maximum absolute atomic E-state index is 3.82. The fourth-order valence-electron chi connectivity index (χ4n) is 2.57. The van der Waals surface area contributed by atoms with Crippen LogP contribution in [0.4, 0.5) is 0 Å². The lowest BCUT2D eigenvalue weighted by Gasteiger charge is -2.22. The van der Waals surface area contributed by atoms with Gasteiger partial charge >= 0.3 is 0 Å². The first kappa shape index (κ1) is 16.7. The molecule has 1 nitrogen and oxygen atoms in total. The van der Waals surface area contributed by atoms with E-state index in [2.05, 4.69) is 43.6 Å². The van der Waals surface area contributed by atoms with Crippen LogP contribution in [0.2, 0.25) is 0 Å². The van der Waals surface area contributed by atoms with Gasteiger partial charge in [0.2, 0.25) is 0 Å². The number of hydrogen-bond donors (Lipinski definition) is 1. The van der Waals surface area contributed by atoms with E-state index in [1.165, 1.54) is 56.2 Å². The summed E-state index contributed by atoms with van der Waals surface area (Å²) < 4.78 is 0. The van der Waals surface area contributed by atoms with E-state index in [-0.39, 0.29) is 0 Å². The molecule has 1 aromatic rings. The molecule has 0 spiro atoms. The van der Waals surface area contributed by atoms with E-state index in [1.54, 1.807) is 0 Å². The monoisotopic (exact) mass is 281 g/mol. The van der Waals surface area contributed by atoms with Gasteiger partial charge in [0, 0.05) is 17.0 Å². The molecule has 0 saturated heterocycles. The molecular formula is C17H31NS. The van der Waals surface area contributed by atoms with Crippen LogP contribution in [0.15, 0.2) is 17.5 Å². The van der Waals surface area contributed by atoms with Crippen molar-refractivity contribution in [1.82, 2.24) is 5.32 Å². The number of nitrogens with one attached hydrogen (secondary N) is 1. The third kappa shape index (κ3) is 7.12. The highest BCUT2D eigenvalue weighted by atomic mass is 32.1. The summed E-state index contributed by atoms with van der Waals surface area (Å²) in [5, 5.41) is 6.01. The maximum atomic E-state index is 3.82. The Morgan fingerprint density at radius 3 is 2.47 bits per heavy atom. The van der Waals surface area contributed by atoms with Crippen molar-refractivity contribution in [3.05, 3.63) is 22.4 Å². The molecule has 1 heterocycles. The lowest BCUT2D eigenvalue weighted by atomic mass is 10.0. The fourth-order valence-corrected chi connectivity index (χ4v) is 3.39. The lowest BCUT2D eigenvalue weighted by Crippen LogP contribution is -2.30. The van der Waals surface area contributed by atoms with Crippen LogP contribution in [-0.2, 0) is 0 Å². The normalized spacial score (nSPS) is 14.5. The summed E-state index contributed by atoms with van der Waals surface area (Å²) in [5.41, 5.74) is 0. The highest BCUT2D eigenvalue weighted by molar-refractivity contribution is 7.10. The Labute approximate surface area is 123 Å². The molecule has 0 aromatic carbocycles. The molecule has 1 aromatic heterocycles. The Balaban J connectivity index is 2.25. The van der Waals surface area contributed by atoms with Crippen LogP contribution < -0.4 is 5.32 Å². The van der Waals surface area contributed by atoms with Crippen LogP contribution in [0.1, 0.15) is 83.1 Å². The van der Waals surface area contributed by atoms with Crippen LogP contribution in [0, 0.1) is 0 Å². The summed E-state index contributed by atoms with van der Waals surface area (Å²) in [6.07, 6.45) is 10.7. The number of rotatable bonds is 11. The number of thiophene rings is 1. The third-order valence-corrected chi connectivity index (χ3v) is 4.68. The van der Waals surface area contributed by atoms with Gasteiger partial charge in [0.1, 0.15) is 0 Å². The molecule has 1 N–H and O–H groups in total. The molecule has 110 valence electrons. The average molecular weight is 282 g/mol. The topological polar surface area (TPSA) is 12.0 Å². The average Bonchev–Trinajstić information content (AvgIpc) is 2.92. The van der Waals surface area contributed by atoms with E-state index in [9.17, 15) is 0 Å². The van der Waals surface area contributed by atoms with Crippen molar-refractivity contribution >= 4 is 11.3 Å². The van der Waals surface area contributed by atoms with Crippen molar-refractivity contribution < 1.29 is 0 Å². The summed E-state index contributed by atoms with van der Waals surface area (Å²) in [6.45, 7) is 6.90. The van der Waals surface area contributed by atoms with Gasteiger partial charge in [-0.1, -0.05) is 58.4 Å². The lowest BCUT2D eigenvalue weighted by molar-refractivity contribution is 0.406. The van der Waals surface area contributed by atoms with Gasteiger partial charge in [0.05, 0.1) is 0 Å². The zero-order chi connectivity index (χ0) is 13.9. The third-order valence-electron chi connectivity index (χ3n) is 3.69. The molecule has 0 radical (unpaired) electrons. The second-order valence-electron chi connectivity index (χ2n) is 5.63. The summed E-state index contributed by atoms with van der Waals surface area (Å²) in [7, 11) is 0. The van der Waals surface area contributed by atoms with Crippen LogP contribution >= 0.6 is 11.3 Å². The van der Waals surface area contributed by atoms with E-state index in [0.717, 1.165) is 0 Å². The molecule has 1 rings (SSSR count). The molecule has 0 amide bonds. The van der Waals surface area contributed by atoms with E-state index in [1.807, 2.05) is 11.3 Å². The SMILES string of the molecule is CCCCCCCC(C)NC(CCC)c1cccs1. The van der Waals surface area contributed by atoms with E-state index in [0.29, 0.717) is 12.1 Å². The molecule has 2 atom stereocenters. The number of hydrogen-bond acceptors (Lipinski definition) is 2. The molecule has 19 heavy (non-hydrogen) atoms. The van der Waals surface area contributed by atoms with Gasteiger partial charge in [-0.2, -0.15) is 0 Å². The summed E-state index contributed by atoms with van der Waals surface area (Å²) in [4.78, 5) is 1.50. The van der Waals surface area contributed by atoms with Crippen molar-refractivity contribution in [2.45, 2.75) is 84.2 Å². The first-order chi connectivity index (χ1) is 9.27. The van der Waals surface area contributed by atoms with Crippen molar-refractivity contribution in [2.24, 2.45) is 0 Å². The Hall–Kier alpha value is -0.340. The molecule has 0 aliphatic carbocycles. The maximum Gasteiger partial charge on any atom is 0.0416 e. The Morgan fingerprint density at radius 1 is 1.05 bits per heavy atom. The molecule has 0 saturated carbocycles. The molecule has 2 heteroatoms. The second kappa shape index (κ2) is 10.4. The van der Waals surface area contributed by atoms with Gasteiger partial charge in [0.25, 0.3) is 0 Å². The summed E-state index contributed by atoms with van der Waals surface area (Å²) in [5.74, 6) is 0. The van der Waals surface area contributed by atoms with Gasteiger partial charge in [-0.05, 0) is 31.2 Å². The Kier molecular flexibility index (Phi) is 9.19. The predicted octanol–water partition coefficient (Wildman–Crippen LogP) is 5.93. The van der Waals surface area contributed by atoms with Crippen molar-refractivity contribution in [1.29, 1.82) is 0 Å². The summed E-state index contributed by atoms with van der Waals surface area (Å²) >= 11 is 1.89. The van der Waals surface area contributed by atoms with Crippen LogP contribution in [-0.4, -0.2) is 6.04 Å². The standard InChI is InChI=1S/C17H31NS/c1-4-6-7-8-9-12-15(3)18-16(11-5-2)17-13-10-14-19-17/h10,13-16,18H,4-9,11-12H2,1-3H3. The molecule has 0 aliphatic heterocycles. The smallest absolute Gasteiger partial charge is 0.0416 e. The van der Waals surface area contributed by atoms with Crippen LogP contribution in [0.3, 0.4) is 0 Å². The highest BCUT2D eigenvalue weighted by Crippen LogP contribution is 2.24. The van der Waals surface area contributed by atoms with E-state index in [4.69, 9.17) is 0 Å². The first-order valence-electron chi connectivity index (χ1n) is 8.07. The van der Waals surface area contributed by atoms with Gasteiger partial charge in [-0.25, -0.2) is 0 Å². The minimum atomic E-state index is 0.565. The molecule has 0 fully saturated rings. The van der Waals surface area contributed by atoms with Crippen molar-refractivity contribution in [3.63, 3.8) is 0 Å². The minimum Gasteiger partial charge on any atom is -0.307 e. The zero-order valence-corrected chi connectivity index (χ0v) is 13.8. The highest BCUT2D eigenvalue weighted by Gasteiger charge is 2.14. The minimum absolute atomic E-state index is 0.565. The molecule has 0 aliphatic rings.